The second-order valence-electron chi connectivity index (χ2n) is 4.19. The molecule has 2 rings (SSSR count). The van der Waals surface area contributed by atoms with Crippen molar-refractivity contribution in [3.05, 3.63) is 23.3 Å². The third kappa shape index (κ3) is 2.56. The maximum atomic E-state index is 11.5. The van der Waals surface area contributed by atoms with Crippen molar-refractivity contribution in [2.24, 2.45) is 5.73 Å². The van der Waals surface area contributed by atoms with Gasteiger partial charge in [0.05, 0.1) is 6.61 Å². The fourth-order valence-corrected chi connectivity index (χ4v) is 1.88. The van der Waals surface area contributed by atoms with Crippen LogP contribution in [0.1, 0.15) is 18.1 Å². The molecule has 1 aromatic carbocycles. The Labute approximate surface area is 106 Å². The maximum absolute atomic E-state index is 11.5. The van der Waals surface area contributed by atoms with Crippen molar-refractivity contribution in [3.63, 3.8) is 0 Å². The van der Waals surface area contributed by atoms with Crippen LogP contribution in [0, 0.1) is 6.92 Å². The molecular formula is C13H17NO4. The summed E-state index contributed by atoms with van der Waals surface area (Å²) in [4.78, 5) is 11.5. The van der Waals surface area contributed by atoms with E-state index in [1.807, 2.05) is 19.1 Å². The monoisotopic (exact) mass is 251 g/mol. The smallest absolute Gasteiger partial charge is 0.323 e. The molecule has 2 N–H and O–H groups in total. The molecule has 0 saturated heterocycles. The third-order valence-electron chi connectivity index (χ3n) is 2.86. The molecule has 0 radical (unpaired) electrons. The number of hydrogen-bond donors (Lipinski definition) is 1. The van der Waals surface area contributed by atoms with Crippen LogP contribution in [0.25, 0.3) is 0 Å². The Balaban J connectivity index is 2.12. The Hall–Kier alpha value is -1.75. The Morgan fingerprint density at radius 2 is 2.11 bits per heavy atom. The van der Waals surface area contributed by atoms with Gasteiger partial charge in [0.25, 0.3) is 0 Å². The molecule has 0 fully saturated rings. The highest BCUT2D eigenvalue weighted by molar-refractivity contribution is 5.76. The van der Waals surface area contributed by atoms with Gasteiger partial charge >= 0.3 is 5.97 Å². The van der Waals surface area contributed by atoms with Crippen LogP contribution >= 0.6 is 0 Å². The summed E-state index contributed by atoms with van der Waals surface area (Å²) in [6, 6.07) is 3.12. The molecule has 98 valence electrons. The number of nitrogens with two attached hydrogens (primary N) is 1. The standard InChI is InChI=1S/C13H17NO4/c1-3-16-13(15)10(14)5-9-6-12-11(4-8(9)2)17-7-18-12/h4,6,10H,3,5,7,14H2,1-2H3. The summed E-state index contributed by atoms with van der Waals surface area (Å²) in [5, 5.41) is 0. The highest BCUT2D eigenvalue weighted by Gasteiger charge is 2.20. The molecule has 0 saturated carbocycles. The van der Waals surface area contributed by atoms with Crippen LogP contribution in [0.3, 0.4) is 0 Å². The van der Waals surface area contributed by atoms with Gasteiger partial charge in [-0.05, 0) is 43.5 Å². The van der Waals surface area contributed by atoms with Crippen molar-refractivity contribution in [1.82, 2.24) is 0 Å². The van der Waals surface area contributed by atoms with Gasteiger partial charge in [0.15, 0.2) is 11.5 Å². The summed E-state index contributed by atoms with van der Waals surface area (Å²) in [5.41, 5.74) is 7.80. The van der Waals surface area contributed by atoms with Crippen LogP contribution in [0.15, 0.2) is 12.1 Å². The van der Waals surface area contributed by atoms with Gasteiger partial charge in [0.2, 0.25) is 6.79 Å². The van der Waals surface area contributed by atoms with E-state index in [0.29, 0.717) is 18.8 Å². The van der Waals surface area contributed by atoms with E-state index < -0.39 is 6.04 Å². The van der Waals surface area contributed by atoms with E-state index in [-0.39, 0.29) is 12.8 Å². The lowest BCUT2D eigenvalue weighted by Gasteiger charge is -2.13. The number of hydrogen-bond acceptors (Lipinski definition) is 5. The number of benzene rings is 1. The zero-order valence-electron chi connectivity index (χ0n) is 10.6. The molecule has 0 spiro atoms. The van der Waals surface area contributed by atoms with E-state index in [0.717, 1.165) is 16.9 Å². The molecule has 5 heteroatoms. The van der Waals surface area contributed by atoms with Gasteiger partial charge in [-0.1, -0.05) is 0 Å². The number of ether oxygens (including phenoxy) is 3. The second-order valence-corrected chi connectivity index (χ2v) is 4.19. The molecule has 1 aliphatic rings. The first-order valence-electron chi connectivity index (χ1n) is 5.93. The topological polar surface area (TPSA) is 70.8 Å². The SMILES string of the molecule is CCOC(=O)C(N)Cc1cc2c(cc1C)OCO2. The van der Waals surface area contributed by atoms with E-state index in [2.05, 4.69) is 0 Å². The van der Waals surface area contributed by atoms with Gasteiger partial charge in [0, 0.05) is 0 Å². The number of esters is 1. The summed E-state index contributed by atoms with van der Waals surface area (Å²) in [6.45, 7) is 4.29. The number of carbonyl (C=O) groups is 1. The Morgan fingerprint density at radius 3 is 2.78 bits per heavy atom. The minimum Gasteiger partial charge on any atom is -0.465 e. The minimum atomic E-state index is -0.649. The van der Waals surface area contributed by atoms with Crippen LogP contribution < -0.4 is 15.2 Å². The van der Waals surface area contributed by atoms with Crippen LogP contribution in [-0.4, -0.2) is 25.4 Å². The Morgan fingerprint density at radius 1 is 1.44 bits per heavy atom. The van der Waals surface area contributed by atoms with E-state index in [4.69, 9.17) is 19.9 Å². The highest BCUT2D eigenvalue weighted by Crippen LogP contribution is 2.34. The fraction of sp³-hybridized carbons (Fsp3) is 0.462. The van der Waals surface area contributed by atoms with Crippen molar-refractivity contribution >= 4 is 5.97 Å². The molecule has 5 nitrogen and oxygen atoms in total. The molecular weight excluding hydrogens is 234 g/mol. The zero-order chi connectivity index (χ0) is 13.1. The van der Waals surface area contributed by atoms with Crippen molar-refractivity contribution in [2.75, 3.05) is 13.4 Å². The predicted molar refractivity (Wildman–Crippen MR) is 65.6 cm³/mol. The molecule has 1 heterocycles. The fourth-order valence-electron chi connectivity index (χ4n) is 1.88. The molecule has 1 atom stereocenters. The van der Waals surface area contributed by atoms with E-state index in [1.54, 1.807) is 6.92 Å². The number of fused-ring (bicyclic) bond motifs is 1. The molecule has 0 bridgehead atoms. The molecule has 0 aromatic heterocycles. The average molecular weight is 251 g/mol. The summed E-state index contributed by atoms with van der Waals surface area (Å²) in [5.74, 6) is 1.06. The van der Waals surface area contributed by atoms with Gasteiger partial charge < -0.3 is 19.9 Å². The van der Waals surface area contributed by atoms with Crippen LogP contribution in [0.2, 0.25) is 0 Å². The molecule has 0 aliphatic carbocycles. The minimum absolute atomic E-state index is 0.238. The van der Waals surface area contributed by atoms with Gasteiger partial charge in [-0.2, -0.15) is 0 Å². The summed E-state index contributed by atoms with van der Waals surface area (Å²) < 4.78 is 15.5. The van der Waals surface area contributed by atoms with Gasteiger partial charge in [-0.3, -0.25) is 4.79 Å². The van der Waals surface area contributed by atoms with E-state index >= 15 is 0 Å². The van der Waals surface area contributed by atoms with Crippen molar-refractivity contribution < 1.29 is 19.0 Å². The maximum Gasteiger partial charge on any atom is 0.323 e. The molecule has 1 aliphatic heterocycles. The highest BCUT2D eigenvalue weighted by atomic mass is 16.7. The van der Waals surface area contributed by atoms with E-state index in [9.17, 15) is 4.79 Å². The van der Waals surface area contributed by atoms with Crippen molar-refractivity contribution in [3.8, 4) is 11.5 Å². The van der Waals surface area contributed by atoms with Crippen molar-refractivity contribution in [1.29, 1.82) is 0 Å². The van der Waals surface area contributed by atoms with Crippen LogP contribution in [0.5, 0.6) is 11.5 Å². The Kier molecular flexibility index (Phi) is 3.72. The lowest BCUT2D eigenvalue weighted by atomic mass is 10.0. The van der Waals surface area contributed by atoms with E-state index in [1.165, 1.54) is 0 Å². The number of aryl methyl sites for hydroxylation is 1. The summed E-state index contributed by atoms with van der Waals surface area (Å²) in [7, 11) is 0. The zero-order valence-corrected chi connectivity index (χ0v) is 10.6. The predicted octanol–water partition coefficient (Wildman–Crippen LogP) is 1.16. The lowest BCUT2D eigenvalue weighted by Crippen LogP contribution is -2.34. The van der Waals surface area contributed by atoms with Crippen LogP contribution in [0.4, 0.5) is 0 Å². The Bertz CT molecular complexity index is 459. The van der Waals surface area contributed by atoms with Crippen molar-refractivity contribution in [2.45, 2.75) is 26.3 Å². The largest absolute Gasteiger partial charge is 0.465 e. The van der Waals surface area contributed by atoms with Gasteiger partial charge in [0.1, 0.15) is 6.04 Å². The molecule has 1 unspecified atom stereocenters. The molecule has 0 amide bonds. The quantitative estimate of drug-likeness (QED) is 0.813. The number of rotatable bonds is 4. The lowest BCUT2D eigenvalue weighted by molar-refractivity contribution is -0.144. The van der Waals surface area contributed by atoms with Gasteiger partial charge in [-0.25, -0.2) is 0 Å². The normalized spacial score (nSPS) is 14.4. The number of carbonyl (C=O) groups excluding carboxylic acids is 1. The first-order valence-corrected chi connectivity index (χ1v) is 5.93. The summed E-state index contributed by atoms with van der Waals surface area (Å²) in [6.07, 6.45) is 0.432. The van der Waals surface area contributed by atoms with Crippen LogP contribution in [-0.2, 0) is 16.0 Å². The first-order chi connectivity index (χ1) is 8.61. The molecule has 18 heavy (non-hydrogen) atoms. The second kappa shape index (κ2) is 5.27. The summed E-state index contributed by atoms with van der Waals surface area (Å²) >= 11 is 0. The third-order valence-corrected chi connectivity index (χ3v) is 2.86. The molecule has 1 aromatic rings. The first kappa shape index (κ1) is 12.7. The van der Waals surface area contributed by atoms with Gasteiger partial charge in [-0.15, -0.1) is 0 Å². The average Bonchev–Trinajstić information content (AvgIpc) is 2.76.